The molecule has 1 fully saturated rings. The van der Waals surface area contributed by atoms with Gasteiger partial charge >= 0.3 is 11.8 Å². The van der Waals surface area contributed by atoms with Crippen LogP contribution in [0.3, 0.4) is 0 Å². The first-order valence-electron chi connectivity index (χ1n) is 6.17. The predicted molar refractivity (Wildman–Crippen MR) is 66.8 cm³/mol. The number of benzene rings is 1. The van der Waals surface area contributed by atoms with Gasteiger partial charge < -0.3 is 15.3 Å². The number of carbonyl (C=O) groups excluding carboxylic acids is 2. The Hall–Kier alpha value is -2.02. The molecule has 2 N–H and O–H groups in total. The van der Waals surface area contributed by atoms with Gasteiger partial charge in [-0.2, -0.15) is 0 Å². The van der Waals surface area contributed by atoms with Crippen molar-refractivity contribution >= 4 is 17.5 Å². The molecular formula is C13H14F2N2O3. The molecule has 2 amide bonds. The quantitative estimate of drug-likeness (QED) is 0.787. The number of anilines is 1. The summed E-state index contributed by atoms with van der Waals surface area (Å²) >= 11 is 0. The van der Waals surface area contributed by atoms with E-state index >= 15 is 0 Å². The van der Waals surface area contributed by atoms with E-state index in [1.807, 2.05) is 0 Å². The van der Waals surface area contributed by atoms with Gasteiger partial charge in [0.1, 0.15) is 11.6 Å². The van der Waals surface area contributed by atoms with Crippen molar-refractivity contribution in [2.45, 2.75) is 6.42 Å². The minimum Gasteiger partial charge on any atom is -0.396 e. The summed E-state index contributed by atoms with van der Waals surface area (Å²) in [4.78, 5) is 24.8. The Morgan fingerprint density at radius 2 is 1.95 bits per heavy atom. The largest absolute Gasteiger partial charge is 0.396 e. The molecule has 0 bridgehead atoms. The van der Waals surface area contributed by atoms with Crippen molar-refractivity contribution in [3.63, 3.8) is 0 Å². The van der Waals surface area contributed by atoms with Crippen molar-refractivity contribution in [2.24, 2.45) is 5.92 Å². The lowest BCUT2D eigenvalue weighted by Gasteiger charge is -2.15. The topological polar surface area (TPSA) is 69.6 Å². The maximum atomic E-state index is 13.0. The Bertz CT molecular complexity index is 516. The van der Waals surface area contributed by atoms with Crippen LogP contribution in [-0.4, -0.2) is 41.5 Å². The average Bonchev–Trinajstić information content (AvgIpc) is 2.85. The molecule has 5 nitrogen and oxygen atoms in total. The van der Waals surface area contributed by atoms with E-state index in [-0.39, 0.29) is 18.2 Å². The van der Waals surface area contributed by atoms with Gasteiger partial charge in [-0.25, -0.2) is 8.78 Å². The van der Waals surface area contributed by atoms with E-state index in [2.05, 4.69) is 5.32 Å². The Morgan fingerprint density at radius 3 is 2.50 bits per heavy atom. The number of hydrogen-bond donors (Lipinski definition) is 2. The van der Waals surface area contributed by atoms with E-state index in [1.165, 1.54) is 4.90 Å². The molecule has 0 spiro atoms. The first kappa shape index (κ1) is 14.4. The van der Waals surface area contributed by atoms with Crippen LogP contribution < -0.4 is 5.32 Å². The molecule has 0 saturated carbocycles. The lowest BCUT2D eigenvalue weighted by molar-refractivity contribution is -0.142. The monoisotopic (exact) mass is 284 g/mol. The van der Waals surface area contributed by atoms with Crippen LogP contribution in [0.25, 0.3) is 0 Å². The molecule has 20 heavy (non-hydrogen) atoms. The molecule has 1 aromatic carbocycles. The number of aliphatic hydroxyl groups excluding tert-OH is 1. The first-order valence-corrected chi connectivity index (χ1v) is 6.17. The average molecular weight is 284 g/mol. The number of carbonyl (C=O) groups is 2. The molecule has 1 saturated heterocycles. The predicted octanol–water partition coefficient (Wildman–Crippen LogP) is 0.744. The second kappa shape index (κ2) is 5.96. The molecule has 0 aromatic heterocycles. The van der Waals surface area contributed by atoms with E-state index in [9.17, 15) is 18.4 Å². The molecule has 0 aliphatic carbocycles. The van der Waals surface area contributed by atoms with E-state index in [4.69, 9.17) is 5.11 Å². The maximum Gasteiger partial charge on any atom is 0.313 e. The summed E-state index contributed by atoms with van der Waals surface area (Å²) in [5, 5.41) is 11.1. The smallest absolute Gasteiger partial charge is 0.313 e. The van der Waals surface area contributed by atoms with Gasteiger partial charge in [0.25, 0.3) is 0 Å². The van der Waals surface area contributed by atoms with Crippen LogP contribution in [-0.2, 0) is 9.59 Å². The molecule has 1 aliphatic heterocycles. The molecule has 0 radical (unpaired) electrons. The Balaban J connectivity index is 1.99. The lowest BCUT2D eigenvalue weighted by Crippen LogP contribution is -2.38. The van der Waals surface area contributed by atoms with Crippen molar-refractivity contribution in [2.75, 3.05) is 25.0 Å². The van der Waals surface area contributed by atoms with Crippen LogP contribution in [0.1, 0.15) is 6.42 Å². The van der Waals surface area contributed by atoms with Gasteiger partial charge in [-0.05, 0) is 18.6 Å². The summed E-state index contributed by atoms with van der Waals surface area (Å²) < 4.78 is 25.9. The number of likely N-dealkylation sites (tertiary alicyclic amines) is 1. The van der Waals surface area contributed by atoms with Gasteiger partial charge in [0.05, 0.1) is 0 Å². The number of aliphatic hydroxyl groups is 1. The number of nitrogens with zero attached hydrogens (tertiary/aromatic N) is 1. The summed E-state index contributed by atoms with van der Waals surface area (Å²) in [6.45, 7) is 0.649. The Morgan fingerprint density at radius 1 is 1.30 bits per heavy atom. The molecule has 7 heteroatoms. The van der Waals surface area contributed by atoms with Crippen molar-refractivity contribution in [1.82, 2.24) is 4.90 Å². The van der Waals surface area contributed by atoms with Gasteiger partial charge in [-0.1, -0.05) is 0 Å². The zero-order valence-corrected chi connectivity index (χ0v) is 10.6. The SMILES string of the molecule is O=C(Nc1cc(F)cc(F)c1)C(=O)N1CCC(CO)C1. The highest BCUT2D eigenvalue weighted by atomic mass is 19.1. The molecular weight excluding hydrogens is 270 g/mol. The van der Waals surface area contributed by atoms with Gasteiger partial charge in [-0.3, -0.25) is 9.59 Å². The second-order valence-corrected chi connectivity index (χ2v) is 4.70. The number of amides is 2. The van der Waals surface area contributed by atoms with E-state index < -0.39 is 23.4 Å². The fourth-order valence-electron chi connectivity index (χ4n) is 2.12. The molecule has 1 aliphatic rings. The summed E-state index contributed by atoms with van der Waals surface area (Å²) in [7, 11) is 0. The highest BCUT2D eigenvalue weighted by Gasteiger charge is 2.29. The minimum absolute atomic E-state index is 0.0293. The van der Waals surface area contributed by atoms with Gasteiger partial charge in [0.2, 0.25) is 0 Å². The van der Waals surface area contributed by atoms with Crippen LogP contribution in [0.5, 0.6) is 0 Å². The number of hydrogen-bond acceptors (Lipinski definition) is 3. The van der Waals surface area contributed by atoms with Crippen molar-refractivity contribution in [1.29, 1.82) is 0 Å². The molecule has 1 unspecified atom stereocenters. The molecule has 1 atom stereocenters. The highest BCUT2D eigenvalue weighted by Crippen LogP contribution is 2.17. The van der Waals surface area contributed by atoms with Gasteiger partial charge in [0.15, 0.2) is 0 Å². The highest BCUT2D eigenvalue weighted by molar-refractivity contribution is 6.39. The second-order valence-electron chi connectivity index (χ2n) is 4.70. The molecule has 2 rings (SSSR count). The third-order valence-corrected chi connectivity index (χ3v) is 3.15. The van der Waals surface area contributed by atoms with Crippen molar-refractivity contribution in [3.8, 4) is 0 Å². The first-order chi connectivity index (χ1) is 9.49. The summed E-state index contributed by atoms with van der Waals surface area (Å²) in [5.41, 5.74) is -0.112. The van der Waals surface area contributed by atoms with Crippen LogP contribution >= 0.6 is 0 Å². The van der Waals surface area contributed by atoms with Crippen LogP contribution in [0, 0.1) is 17.6 Å². The summed E-state index contributed by atoms with van der Waals surface area (Å²) in [5.74, 6) is -3.43. The van der Waals surface area contributed by atoms with Crippen molar-refractivity contribution < 1.29 is 23.5 Å². The standard InChI is InChI=1S/C13H14F2N2O3/c14-9-3-10(15)5-11(4-9)16-12(19)13(20)17-2-1-8(6-17)7-18/h3-5,8,18H,1-2,6-7H2,(H,16,19). The third-order valence-electron chi connectivity index (χ3n) is 3.15. The van der Waals surface area contributed by atoms with Crippen LogP contribution in [0.2, 0.25) is 0 Å². The zero-order chi connectivity index (χ0) is 14.7. The zero-order valence-electron chi connectivity index (χ0n) is 10.6. The Kier molecular flexibility index (Phi) is 4.29. The fraction of sp³-hybridized carbons (Fsp3) is 0.385. The fourth-order valence-corrected chi connectivity index (χ4v) is 2.12. The molecule has 108 valence electrons. The van der Waals surface area contributed by atoms with E-state index in [0.29, 0.717) is 25.6 Å². The summed E-state index contributed by atoms with van der Waals surface area (Å²) in [6, 6.07) is 2.52. The van der Waals surface area contributed by atoms with Gasteiger partial charge in [0, 0.05) is 37.4 Å². The van der Waals surface area contributed by atoms with Gasteiger partial charge in [-0.15, -0.1) is 0 Å². The van der Waals surface area contributed by atoms with Crippen molar-refractivity contribution in [3.05, 3.63) is 29.8 Å². The van der Waals surface area contributed by atoms with E-state index in [0.717, 1.165) is 12.1 Å². The maximum absolute atomic E-state index is 13.0. The lowest BCUT2D eigenvalue weighted by atomic mass is 10.1. The number of nitrogens with one attached hydrogen (secondary N) is 1. The van der Waals surface area contributed by atoms with E-state index in [1.54, 1.807) is 0 Å². The summed E-state index contributed by atoms with van der Waals surface area (Å²) in [6.07, 6.45) is 0.629. The number of rotatable bonds is 2. The third kappa shape index (κ3) is 3.30. The number of halogens is 2. The molecule has 1 aromatic rings. The molecule has 1 heterocycles. The Labute approximate surface area is 114 Å². The van der Waals surface area contributed by atoms with Crippen LogP contribution in [0.15, 0.2) is 18.2 Å². The minimum atomic E-state index is -0.950. The van der Waals surface area contributed by atoms with Crippen LogP contribution in [0.4, 0.5) is 14.5 Å². The normalized spacial score (nSPS) is 18.1.